The minimum atomic E-state index is 0.239. The Labute approximate surface area is 102 Å². The van der Waals surface area contributed by atoms with E-state index in [1.54, 1.807) is 0 Å². The second-order valence-corrected chi connectivity index (χ2v) is 5.32. The molecule has 3 nitrogen and oxygen atoms in total. The molecule has 0 bridgehead atoms. The molecule has 0 amide bonds. The average molecular weight is 232 g/mol. The first-order valence-corrected chi connectivity index (χ1v) is 6.52. The molecule has 3 rings (SSSR count). The number of nitrogens with zero attached hydrogens (tertiary/aromatic N) is 1. The SMILES string of the molecule is Oc1ccccc1C1(CN2CCNCC2)CC1. The van der Waals surface area contributed by atoms with Gasteiger partial charge in [-0.05, 0) is 18.9 Å². The molecule has 1 aliphatic carbocycles. The Hall–Kier alpha value is -1.06. The van der Waals surface area contributed by atoms with Gasteiger partial charge in [-0.2, -0.15) is 0 Å². The Morgan fingerprint density at radius 2 is 1.88 bits per heavy atom. The molecule has 0 radical (unpaired) electrons. The summed E-state index contributed by atoms with van der Waals surface area (Å²) in [7, 11) is 0. The second-order valence-electron chi connectivity index (χ2n) is 5.32. The van der Waals surface area contributed by atoms with Crippen molar-refractivity contribution >= 4 is 0 Å². The van der Waals surface area contributed by atoms with Gasteiger partial charge in [-0.1, -0.05) is 18.2 Å². The molecule has 1 aromatic rings. The minimum Gasteiger partial charge on any atom is -0.508 e. The van der Waals surface area contributed by atoms with E-state index < -0.39 is 0 Å². The van der Waals surface area contributed by atoms with Crippen LogP contribution in [-0.2, 0) is 5.41 Å². The van der Waals surface area contributed by atoms with Gasteiger partial charge in [-0.25, -0.2) is 0 Å². The summed E-state index contributed by atoms with van der Waals surface area (Å²) in [5.41, 5.74) is 1.39. The van der Waals surface area contributed by atoms with E-state index in [9.17, 15) is 5.11 Å². The fraction of sp³-hybridized carbons (Fsp3) is 0.571. The van der Waals surface area contributed by atoms with Crippen LogP contribution in [0.15, 0.2) is 24.3 Å². The highest BCUT2D eigenvalue weighted by Gasteiger charge is 2.46. The van der Waals surface area contributed by atoms with E-state index in [2.05, 4.69) is 16.3 Å². The highest BCUT2D eigenvalue weighted by molar-refractivity contribution is 5.42. The van der Waals surface area contributed by atoms with Crippen LogP contribution in [0, 0.1) is 0 Å². The Kier molecular flexibility index (Phi) is 2.81. The average Bonchev–Trinajstić information content (AvgIpc) is 3.12. The summed E-state index contributed by atoms with van der Waals surface area (Å²) in [5, 5.41) is 13.4. The summed E-state index contributed by atoms with van der Waals surface area (Å²) in [6.07, 6.45) is 2.43. The Balaban J connectivity index is 1.75. The molecular formula is C14H20N2O. The van der Waals surface area contributed by atoms with E-state index in [0.29, 0.717) is 5.75 Å². The zero-order chi connectivity index (χ0) is 11.7. The second kappa shape index (κ2) is 4.31. The normalized spacial score (nSPS) is 23.5. The third-order valence-electron chi connectivity index (χ3n) is 4.06. The number of hydrogen-bond acceptors (Lipinski definition) is 3. The van der Waals surface area contributed by atoms with Crippen LogP contribution in [0.25, 0.3) is 0 Å². The summed E-state index contributed by atoms with van der Waals surface area (Å²) >= 11 is 0. The third-order valence-corrected chi connectivity index (χ3v) is 4.06. The number of phenolic OH excluding ortho intramolecular Hbond substituents is 1. The Morgan fingerprint density at radius 1 is 1.18 bits per heavy atom. The van der Waals surface area contributed by atoms with Crippen LogP contribution in [0.4, 0.5) is 0 Å². The van der Waals surface area contributed by atoms with Gasteiger partial charge in [0.2, 0.25) is 0 Å². The predicted molar refractivity (Wildman–Crippen MR) is 68.3 cm³/mol. The standard InChI is InChI=1S/C14H20N2O/c17-13-4-2-1-3-12(13)14(5-6-14)11-16-9-7-15-8-10-16/h1-4,15,17H,5-11H2. The first kappa shape index (κ1) is 11.1. The van der Waals surface area contributed by atoms with E-state index in [1.165, 1.54) is 12.8 Å². The maximum absolute atomic E-state index is 9.98. The quantitative estimate of drug-likeness (QED) is 0.825. The molecule has 1 aromatic carbocycles. The molecule has 2 N–H and O–H groups in total. The summed E-state index contributed by atoms with van der Waals surface area (Å²) < 4.78 is 0. The van der Waals surface area contributed by atoms with Crippen LogP contribution in [0.3, 0.4) is 0 Å². The van der Waals surface area contributed by atoms with Crippen molar-refractivity contribution in [1.82, 2.24) is 10.2 Å². The van der Waals surface area contributed by atoms with E-state index in [4.69, 9.17) is 0 Å². The van der Waals surface area contributed by atoms with Gasteiger partial charge < -0.3 is 10.4 Å². The van der Waals surface area contributed by atoms with Crippen LogP contribution in [-0.4, -0.2) is 42.7 Å². The summed E-state index contributed by atoms with van der Waals surface area (Å²) in [6, 6.07) is 7.84. The van der Waals surface area contributed by atoms with Crippen molar-refractivity contribution < 1.29 is 5.11 Å². The molecule has 17 heavy (non-hydrogen) atoms. The largest absolute Gasteiger partial charge is 0.508 e. The molecule has 2 aliphatic rings. The van der Waals surface area contributed by atoms with Gasteiger partial charge in [0.25, 0.3) is 0 Å². The number of piperazine rings is 1. The van der Waals surface area contributed by atoms with Gasteiger partial charge in [-0.3, -0.25) is 4.90 Å². The van der Waals surface area contributed by atoms with Crippen molar-refractivity contribution in [2.45, 2.75) is 18.3 Å². The maximum Gasteiger partial charge on any atom is 0.119 e. The first-order chi connectivity index (χ1) is 8.30. The summed E-state index contributed by atoms with van der Waals surface area (Å²) in [5.74, 6) is 0.472. The molecule has 92 valence electrons. The van der Waals surface area contributed by atoms with Crippen LogP contribution in [0.5, 0.6) is 5.75 Å². The van der Waals surface area contributed by atoms with Gasteiger partial charge >= 0.3 is 0 Å². The van der Waals surface area contributed by atoms with E-state index in [0.717, 1.165) is 38.3 Å². The van der Waals surface area contributed by atoms with E-state index in [1.807, 2.05) is 18.2 Å². The number of rotatable bonds is 3. The minimum absolute atomic E-state index is 0.239. The van der Waals surface area contributed by atoms with Crippen molar-refractivity contribution in [2.24, 2.45) is 0 Å². The first-order valence-electron chi connectivity index (χ1n) is 6.52. The fourth-order valence-corrected chi connectivity index (χ4v) is 2.88. The highest BCUT2D eigenvalue weighted by atomic mass is 16.3. The monoisotopic (exact) mass is 232 g/mol. The van der Waals surface area contributed by atoms with Gasteiger partial charge in [-0.15, -0.1) is 0 Å². The molecular weight excluding hydrogens is 212 g/mol. The third kappa shape index (κ3) is 2.17. The molecule has 1 saturated carbocycles. The zero-order valence-electron chi connectivity index (χ0n) is 10.2. The molecule has 0 spiro atoms. The van der Waals surface area contributed by atoms with Crippen molar-refractivity contribution in [3.05, 3.63) is 29.8 Å². The Morgan fingerprint density at radius 3 is 2.53 bits per heavy atom. The summed E-state index contributed by atoms with van der Waals surface area (Å²) in [6.45, 7) is 5.56. The van der Waals surface area contributed by atoms with Crippen molar-refractivity contribution in [1.29, 1.82) is 0 Å². The number of hydrogen-bond donors (Lipinski definition) is 2. The van der Waals surface area contributed by atoms with E-state index >= 15 is 0 Å². The number of para-hydroxylation sites is 1. The zero-order valence-corrected chi connectivity index (χ0v) is 10.2. The van der Waals surface area contributed by atoms with Crippen molar-refractivity contribution in [2.75, 3.05) is 32.7 Å². The number of aromatic hydroxyl groups is 1. The summed E-state index contributed by atoms with van der Waals surface area (Å²) in [4.78, 5) is 2.52. The number of phenols is 1. The number of benzene rings is 1. The molecule has 0 unspecified atom stereocenters. The number of nitrogens with one attached hydrogen (secondary N) is 1. The molecule has 1 saturated heterocycles. The smallest absolute Gasteiger partial charge is 0.119 e. The molecule has 2 fully saturated rings. The van der Waals surface area contributed by atoms with E-state index in [-0.39, 0.29) is 5.41 Å². The van der Waals surface area contributed by atoms with Gasteiger partial charge in [0.1, 0.15) is 5.75 Å². The van der Waals surface area contributed by atoms with Crippen LogP contribution in [0.2, 0.25) is 0 Å². The molecule has 1 aliphatic heterocycles. The lowest BCUT2D eigenvalue weighted by molar-refractivity contribution is 0.219. The highest BCUT2D eigenvalue weighted by Crippen LogP contribution is 2.51. The predicted octanol–water partition coefficient (Wildman–Crippen LogP) is 1.33. The Bertz CT molecular complexity index is 395. The van der Waals surface area contributed by atoms with Gasteiger partial charge in [0.05, 0.1) is 0 Å². The van der Waals surface area contributed by atoms with Crippen LogP contribution >= 0.6 is 0 Å². The van der Waals surface area contributed by atoms with Crippen molar-refractivity contribution in [3.63, 3.8) is 0 Å². The maximum atomic E-state index is 9.98. The lowest BCUT2D eigenvalue weighted by Gasteiger charge is -2.31. The van der Waals surface area contributed by atoms with Gasteiger partial charge in [0.15, 0.2) is 0 Å². The lowest BCUT2D eigenvalue weighted by atomic mass is 9.94. The topological polar surface area (TPSA) is 35.5 Å². The molecule has 3 heteroatoms. The molecule has 0 atom stereocenters. The van der Waals surface area contributed by atoms with Crippen molar-refractivity contribution in [3.8, 4) is 5.75 Å². The fourth-order valence-electron chi connectivity index (χ4n) is 2.88. The lowest BCUT2D eigenvalue weighted by Crippen LogP contribution is -2.46. The molecule has 0 aromatic heterocycles. The molecule has 1 heterocycles. The van der Waals surface area contributed by atoms with Crippen LogP contribution in [0.1, 0.15) is 18.4 Å². The van der Waals surface area contributed by atoms with Crippen LogP contribution < -0.4 is 5.32 Å². The van der Waals surface area contributed by atoms with Gasteiger partial charge in [0, 0.05) is 43.7 Å².